The van der Waals surface area contributed by atoms with E-state index in [0.717, 1.165) is 49.7 Å². The van der Waals surface area contributed by atoms with Crippen molar-refractivity contribution in [1.82, 2.24) is 9.88 Å². The Labute approximate surface area is 160 Å². The molecule has 1 aliphatic heterocycles. The van der Waals surface area contributed by atoms with E-state index in [0.29, 0.717) is 17.4 Å². The highest BCUT2D eigenvalue weighted by Crippen LogP contribution is 2.32. The molecule has 1 amide bonds. The van der Waals surface area contributed by atoms with Crippen LogP contribution < -0.4 is 0 Å². The van der Waals surface area contributed by atoms with Gasteiger partial charge in [-0.15, -0.1) is 0 Å². The van der Waals surface area contributed by atoms with Gasteiger partial charge in [-0.3, -0.25) is 4.79 Å². The lowest BCUT2D eigenvalue weighted by atomic mass is 9.87. The number of hydrogen-bond donors (Lipinski definition) is 1. The molecule has 1 aromatic carbocycles. The average Bonchev–Trinajstić information content (AvgIpc) is 3.03. The molecule has 0 radical (unpaired) electrons. The van der Waals surface area contributed by atoms with Gasteiger partial charge in [0, 0.05) is 29.7 Å². The Morgan fingerprint density at radius 3 is 2.70 bits per heavy atom. The van der Waals surface area contributed by atoms with E-state index in [1.807, 2.05) is 12.1 Å². The monoisotopic (exact) mass is 368 g/mol. The second-order valence-corrected chi connectivity index (χ2v) is 8.33. The number of nitrogens with zero attached hydrogens (tertiary/aromatic N) is 1. The highest BCUT2D eigenvalue weighted by Gasteiger charge is 2.23. The Bertz CT molecular complexity index is 862. The summed E-state index contributed by atoms with van der Waals surface area (Å²) in [6.07, 6.45) is 5.35. The number of nitrogens with one attached hydrogen (secondary N) is 1. The van der Waals surface area contributed by atoms with E-state index in [-0.39, 0.29) is 12.5 Å². The van der Waals surface area contributed by atoms with Crippen molar-refractivity contribution in [2.75, 3.05) is 19.7 Å². The van der Waals surface area contributed by atoms with Crippen LogP contribution in [0.2, 0.25) is 0 Å². The van der Waals surface area contributed by atoms with Crippen LogP contribution in [0.3, 0.4) is 0 Å². The van der Waals surface area contributed by atoms with Crippen LogP contribution in [0.25, 0.3) is 10.9 Å². The molecule has 5 heteroatoms. The number of esters is 1. The van der Waals surface area contributed by atoms with Gasteiger partial charge in [0.15, 0.2) is 6.61 Å². The number of rotatable bonds is 3. The van der Waals surface area contributed by atoms with Gasteiger partial charge < -0.3 is 14.6 Å². The van der Waals surface area contributed by atoms with Crippen molar-refractivity contribution >= 4 is 22.8 Å². The quantitative estimate of drug-likeness (QED) is 0.840. The van der Waals surface area contributed by atoms with Crippen molar-refractivity contribution in [3.63, 3.8) is 0 Å². The Hall–Kier alpha value is -2.30. The molecule has 0 spiro atoms. The molecule has 0 saturated carbocycles. The SMILES string of the molecule is CC1CCN(C(=O)COC(=O)c2ccc3[nH]c4c(c3c2)CC(C)CC4)CC1. The van der Waals surface area contributed by atoms with Crippen LogP contribution in [0.15, 0.2) is 18.2 Å². The number of benzene rings is 1. The molecular formula is C22H28N2O3. The van der Waals surface area contributed by atoms with E-state index in [1.165, 1.54) is 17.7 Å². The predicted octanol–water partition coefficient (Wildman–Crippen LogP) is 3.71. The van der Waals surface area contributed by atoms with Gasteiger partial charge in [-0.1, -0.05) is 13.8 Å². The Morgan fingerprint density at radius 2 is 1.93 bits per heavy atom. The van der Waals surface area contributed by atoms with Crippen LogP contribution in [0.5, 0.6) is 0 Å². The number of H-pyrrole nitrogens is 1. The smallest absolute Gasteiger partial charge is 0.338 e. The summed E-state index contributed by atoms with van der Waals surface area (Å²) in [5.41, 5.74) is 4.21. The molecule has 1 saturated heterocycles. The van der Waals surface area contributed by atoms with Crippen molar-refractivity contribution in [1.29, 1.82) is 0 Å². The summed E-state index contributed by atoms with van der Waals surface area (Å²) >= 11 is 0. The summed E-state index contributed by atoms with van der Waals surface area (Å²) in [6, 6.07) is 5.64. The van der Waals surface area contributed by atoms with E-state index >= 15 is 0 Å². The molecule has 1 unspecified atom stereocenters. The average molecular weight is 368 g/mol. The Kier molecular flexibility index (Phi) is 4.94. The predicted molar refractivity (Wildman–Crippen MR) is 105 cm³/mol. The van der Waals surface area contributed by atoms with Gasteiger partial charge in [-0.05, 0) is 67.7 Å². The fraction of sp³-hybridized carbons (Fsp3) is 0.545. The van der Waals surface area contributed by atoms with Gasteiger partial charge in [0.2, 0.25) is 0 Å². The number of ether oxygens (including phenoxy) is 1. The maximum Gasteiger partial charge on any atom is 0.338 e. The van der Waals surface area contributed by atoms with Crippen molar-refractivity contribution < 1.29 is 14.3 Å². The number of fused-ring (bicyclic) bond motifs is 3. The molecule has 1 aliphatic carbocycles. The molecule has 144 valence electrons. The minimum absolute atomic E-state index is 0.0934. The number of carbonyl (C=O) groups is 2. The molecule has 5 nitrogen and oxygen atoms in total. The van der Waals surface area contributed by atoms with Crippen LogP contribution in [-0.2, 0) is 22.4 Å². The minimum atomic E-state index is -0.422. The standard InChI is InChI=1S/C22H28N2O3/c1-14-7-9-24(10-8-14)21(25)13-27-22(26)16-4-6-20-18(12-16)17-11-15(2)3-5-19(17)23-20/h4,6,12,14-15,23H,3,5,7-11,13H2,1-2H3. The number of likely N-dealkylation sites (tertiary alicyclic amines) is 1. The van der Waals surface area contributed by atoms with Crippen LogP contribution in [0.4, 0.5) is 0 Å². The van der Waals surface area contributed by atoms with E-state index in [2.05, 4.69) is 18.8 Å². The summed E-state index contributed by atoms with van der Waals surface area (Å²) in [5.74, 6) is 0.814. The summed E-state index contributed by atoms with van der Waals surface area (Å²) in [4.78, 5) is 30.1. The van der Waals surface area contributed by atoms with E-state index in [9.17, 15) is 9.59 Å². The first-order valence-corrected chi connectivity index (χ1v) is 10.1. The molecule has 2 heterocycles. The summed E-state index contributed by atoms with van der Waals surface area (Å²) in [6.45, 7) is 5.83. The number of aromatic amines is 1. The number of carbonyl (C=O) groups excluding carboxylic acids is 2. The van der Waals surface area contributed by atoms with Gasteiger partial charge in [-0.2, -0.15) is 0 Å². The van der Waals surface area contributed by atoms with Crippen molar-refractivity contribution in [2.24, 2.45) is 11.8 Å². The molecular weight excluding hydrogens is 340 g/mol. The summed E-state index contributed by atoms with van der Waals surface area (Å²) in [7, 11) is 0. The van der Waals surface area contributed by atoms with Crippen LogP contribution in [0.1, 0.15) is 54.7 Å². The lowest BCUT2D eigenvalue weighted by Gasteiger charge is -2.30. The normalized spacial score (nSPS) is 20.5. The number of amides is 1. The molecule has 27 heavy (non-hydrogen) atoms. The maximum absolute atomic E-state index is 12.5. The number of aryl methyl sites for hydroxylation is 1. The van der Waals surface area contributed by atoms with Crippen LogP contribution in [-0.4, -0.2) is 41.5 Å². The number of hydrogen-bond acceptors (Lipinski definition) is 3. The molecule has 0 bridgehead atoms. The maximum atomic E-state index is 12.5. The fourth-order valence-electron chi connectivity index (χ4n) is 4.28. The first kappa shape index (κ1) is 18.1. The molecule has 1 atom stereocenters. The highest BCUT2D eigenvalue weighted by molar-refractivity contribution is 5.97. The second kappa shape index (κ2) is 7.37. The molecule has 2 aliphatic rings. The van der Waals surface area contributed by atoms with Crippen molar-refractivity contribution in [3.05, 3.63) is 35.0 Å². The molecule has 1 fully saturated rings. The second-order valence-electron chi connectivity index (χ2n) is 8.33. The van der Waals surface area contributed by atoms with E-state index in [1.54, 1.807) is 11.0 Å². The van der Waals surface area contributed by atoms with Crippen LogP contribution in [0, 0.1) is 11.8 Å². The van der Waals surface area contributed by atoms with Crippen molar-refractivity contribution in [3.8, 4) is 0 Å². The minimum Gasteiger partial charge on any atom is -0.452 e. The Morgan fingerprint density at radius 1 is 1.15 bits per heavy atom. The van der Waals surface area contributed by atoms with Gasteiger partial charge in [0.1, 0.15) is 0 Å². The third-order valence-electron chi connectivity index (χ3n) is 6.13. The lowest BCUT2D eigenvalue weighted by Crippen LogP contribution is -2.40. The molecule has 1 N–H and O–H groups in total. The summed E-state index contributed by atoms with van der Waals surface area (Å²) in [5, 5.41) is 1.11. The zero-order valence-electron chi connectivity index (χ0n) is 16.2. The van der Waals surface area contributed by atoms with Gasteiger partial charge in [-0.25, -0.2) is 4.79 Å². The number of aromatic nitrogens is 1. The third kappa shape index (κ3) is 3.73. The Balaban J connectivity index is 1.43. The first-order chi connectivity index (χ1) is 13.0. The topological polar surface area (TPSA) is 62.4 Å². The zero-order chi connectivity index (χ0) is 19.0. The number of piperidine rings is 1. The van der Waals surface area contributed by atoms with E-state index in [4.69, 9.17) is 4.74 Å². The first-order valence-electron chi connectivity index (χ1n) is 10.1. The third-order valence-corrected chi connectivity index (χ3v) is 6.13. The van der Waals surface area contributed by atoms with Crippen LogP contribution >= 0.6 is 0 Å². The fourth-order valence-corrected chi connectivity index (χ4v) is 4.28. The van der Waals surface area contributed by atoms with E-state index < -0.39 is 5.97 Å². The van der Waals surface area contributed by atoms with Gasteiger partial charge in [0.25, 0.3) is 5.91 Å². The van der Waals surface area contributed by atoms with Crippen molar-refractivity contribution in [2.45, 2.75) is 46.0 Å². The highest BCUT2D eigenvalue weighted by atomic mass is 16.5. The lowest BCUT2D eigenvalue weighted by molar-refractivity contribution is -0.135. The molecule has 4 rings (SSSR count). The van der Waals surface area contributed by atoms with Gasteiger partial charge >= 0.3 is 5.97 Å². The largest absolute Gasteiger partial charge is 0.452 e. The van der Waals surface area contributed by atoms with Gasteiger partial charge in [0.05, 0.1) is 5.56 Å². The molecule has 2 aromatic rings. The molecule has 1 aromatic heterocycles. The zero-order valence-corrected chi connectivity index (χ0v) is 16.2. The summed E-state index contributed by atoms with van der Waals surface area (Å²) < 4.78 is 5.32.